The fraction of sp³-hybridized carbons (Fsp3) is 0.765. The largest absolute Gasteiger partial charge is 0.444 e. The second-order valence-corrected chi connectivity index (χ2v) is 8.83. The maximum atomic E-state index is 12.8. The average molecular weight is 340 g/mol. The third-order valence-corrected chi connectivity index (χ3v) is 4.51. The van der Waals surface area contributed by atoms with Crippen LogP contribution in [-0.4, -0.2) is 33.3 Å². The summed E-state index contributed by atoms with van der Waals surface area (Å²) in [5.74, 6) is 0.435. The minimum Gasteiger partial charge on any atom is -0.444 e. The molecule has 1 aromatic rings. The SMILES string of the molecule is CC(C)C[C@H]1[C@H](c2nccs2)OC(C)(C)N1C(=O)OC(C)(C)C. The molecule has 2 heterocycles. The third kappa shape index (κ3) is 4.23. The molecule has 0 aromatic carbocycles. The summed E-state index contributed by atoms with van der Waals surface area (Å²) in [6.07, 6.45) is 2.08. The molecule has 0 radical (unpaired) electrons. The molecule has 23 heavy (non-hydrogen) atoms. The Morgan fingerprint density at radius 1 is 1.48 bits per heavy atom. The number of rotatable bonds is 3. The van der Waals surface area contributed by atoms with Crippen molar-refractivity contribution < 1.29 is 14.3 Å². The Kier molecular flexibility index (Phi) is 5.06. The molecule has 0 aliphatic carbocycles. The minimum absolute atomic E-state index is 0.0778. The lowest BCUT2D eigenvalue weighted by molar-refractivity contribution is -0.0797. The third-order valence-electron chi connectivity index (χ3n) is 3.67. The van der Waals surface area contributed by atoms with Crippen molar-refractivity contribution in [3.63, 3.8) is 0 Å². The molecule has 0 spiro atoms. The van der Waals surface area contributed by atoms with Gasteiger partial charge in [-0.2, -0.15) is 0 Å². The van der Waals surface area contributed by atoms with E-state index in [0.29, 0.717) is 5.92 Å². The molecule has 1 aliphatic heterocycles. The lowest BCUT2D eigenvalue weighted by atomic mass is 9.98. The van der Waals surface area contributed by atoms with Crippen LogP contribution in [0.2, 0.25) is 0 Å². The van der Waals surface area contributed by atoms with Gasteiger partial charge in [-0.15, -0.1) is 11.3 Å². The van der Waals surface area contributed by atoms with Crippen LogP contribution in [0.5, 0.6) is 0 Å². The van der Waals surface area contributed by atoms with Gasteiger partial charge in [-0.05, 0) is 47.0 Å². The second-order valence-electron chi connectivity index (χ2n) is 7.90. The zero-order valence-electron chi connectivity index (χ0n) is 15.1. The molecule has 1 aromatic heterocycles. The van der Waals surface area contributed by atoms with Gasteiger partial charge in [0.25, 0.3) is 0 Å². The molecule has 6 heteroatoms. The highest BCUT2D eigenvalue weighted by atomic mass is 32.1. The molecule has 5 nitrogen and oxygen atoms in total. The summed E-state index contributed by atoms with van der Waals surface area (Å²) in [6, 6.07) is -0.0778. The summed E-state index contributed by atoms with van der Waals surface area (Å²) in [4.78, 5) is 18.9. The highest BCUT2D eigenvalue weighted by Gasteiger charge is 2.52. The van der Waals surface area contributed by atoms with E-state index in [1.54, 1.807) is 22.4 Å². The van der Waals surface area contributed by atoms with E-state index >= 15 is 0 Å². The minimum atomic E-state index is -0.724. The fourth-order valence-electron chi connectivity index (χ4n) is 2.95. The molecule has 1 amide bonds. The number of carbonyl (C=O) groups excluding carboxylic acids is 1. The highest BCUT2D eigenvalue weighted by Crippen LogP contribution is 2.44. The number of aromatic nitrogens is 1. The second kappa shape index (κ2) is 6.40. The Morgan fingerprint density at radius 2 is 2.13 bits per heavy atom. The number of amides is 1. The van der Waals surface area contributed by atoms with Crippen LogP contribution in [0.25, 0.3) is 0 Å². The number of ether oxygens (including phenoxy) is 2. The number of thiazole rings is 1. The van der Waals surface area contributed by atoms with Crippen LogP contribution in [0.4, 0.5) is 4.79 Å². The van der Waals surface area contributed by atoms with Crippen molar-refractivity contribution in [3.8, 4) is 0 Å². The zero-order valence-corrected chi connectivity index (χ0v) is 15.9. The lowest BCUT2D eigenvalue weighted by Crippen LogP contribution is -2.50. The van der Waals surface area contributed by atoms with E-state index in [1.807, 2.05) is 40.0 Å². The molecule has 2 rings (SSSR count). The predicted octanol–water partition coefficient (Wildman–Crippen LogP) is 4.60. The molecule has 1 saturated heterocycles. The fourth-order valence-corrected chi connectivity index (χ4v) is 3.67. The van der Waals surface area contributed by atoms with Gasteiger partial charge in [0.2, 0.25) is 0 Å². The van der Waals surface area contributed by atoms with Crippen molar-refractivity contribution in [2.24, 2.45) is 5.92 Å². The Labute approximate surface area is 143 Å². The van der Waals surface area contributed by atoms with Gasteiger partial charge in [0.15, 0.2) is 0 Å². The molecule has 130 valence electrons. The van der Waals surface area contributed by atoms with Crippen LogP contribution in [0.3, 0.4) is 0 Å². The van der Waals surface area contributed by atoms with Gasteiger partial charge >= 0.3 is 6.09 Å². The first kappa shape index (κ1) is 18.2. The average Bonchev–Trinajstić information content (AvgIpc) is 2.92. The van der Waals surface area contributed by atoms with E-state index < -0.39 is 11.3 Å². The van der Waals surface area contributed by atoms with Crippen molar-refractivity contribution in [1.82, 2.24) is 9.88 Å². The first-order chi connectivity index (χ1) is 10.5. The molecular weight excluding hydrogens is 312 g/mol. The molecule has 1 aliphatic rings. The van der Waals surface area contributed by atoms with Crippen molar-refractivity contribution in [2.75, 3.05) is 0 Å². The van der Waals surface area contributed by atoms with Gasteiger partial charge in [0, 0.05) is 11.6 Å². The van der Waals surface area contributed by atoms with Crippen molar-refractivity contribution in [3.05, 3.63) is 16.6 Å². The summed E-state index contributed by atoms with van der Waals surface area (Å²) < 4.78 is 11.9. The zero-order chi connectivity index (χ0) is 17.4. The normalized spacial score (nSPS) is 24.3. The quantitative estimate of drug-likeness (QED) is 0.807. The first-order valence-electron chi connectivity index (χ1n) is 8.11. The van der Waals surface area contributed by atoms with Crippen molar-refractivity contribution in [2.45, 2.75) is 78.4 Å². The molecule has 0 N–H and O–H groups in total. The summed E-state index contributed by atoms with van der Waals surface area (Å²) in [5.41, 5.74) is -1.26. The van der Waals surface area contributed by atoms with Gasteiger partial charge in [-0.1, -0.05) is 13.8 Å². The van der Waals surface area contributed by atoms with Crippen LogP contribution in [0, 0.1) is 5.92 Å². The molecule has 2 atom stereocenters. The summed E-state index contributed by atoms with van der Waals surface area (Å²) in [6.45, 7) is 13.8. The Bertz CT molecular complexity index is 535. The number of hydrogen-bond acceptors (Lipinski definition) is 5. The van der Waals surface area contributed by atoms with Gasteiger partial charge in [-0.25, -0.2) is 9.78 Å². The van der Waals surface area contributed by atoms with E-state index in [4.69, 9.17) is 9.47 Å². The van der Waals surface area contributed by atoms with Gasteiger partial charge in [0.05, 0.1) is 6.04 Å². The lowest BCUT2D eigenvalue weighted by Gasteiger charge is -2.35. The standard InChI is InChI=1S/C17H28N2O3S/c1-11(2)10-12-13(14-18-8-9-23-14)21-17(6,7)19(12)15(20)22-16(3,4)5/h8-9,11-13H,10H2,1-7H3/t12-,13+/m0/s1. The number of nitrogens with zero attached hydrogens (tertiary/aromatic N) is 2. The topological polar surface area (TPSA) is 51.7 Å². The summed E-state index contributed by atoms with van der Waals surface area (Å²) in [7, 11) is 0. The van der Waals surface area contributed by atoms with E-state index in [9.17, 15) is 4.79 Å². The number of carbonyl (C=O) groups is 1. The Balaban J connectivity index is 2.34. The molecule has 0 saturated carbocycles. The maximum Gasteiger partial charge on any atom is 0.412 e. The summed E-state index contributed by atoms with van der Waals surface area (Å²) >= 11 is 1.56. The first-order valence-corrected chi connectivity index (χ1v) is 8.99. The Hall–Kier alpha value is -1.14. The van der Waals surface area contributed by atoms with Gasteiger partial charge in [-0.3, -0.25) is 4.90 Å². The molecular formula is C17H28N2O3S. The van der Waals surface area contributed by atoms with Crippen molar-refractivity contribution >= 4 is 17.4 Å². The van der Waals surface area contributed by atoms with Crippen LogP contribution in [0.15, 0.2) is 11.6 Å². The van der Waals surface area contributed by atoms with Gasteiger partial charge < -0.3 is 9.47 Å². The van der Waals surface area contributed by atoms with E-state index in [1.165, 1.54) is 0 Å². The molecule has 0 unspecified atom stereocenters. The monoisotopic (exact) mass is 340 g/mol. The molecule has 1 fully saturated rings. The predicted molar refractivity (Wildman–Crippen MR) is 91.3 cm³/mol. The van der Waals surface area contributed by atoms with Crippen LogP contribution in [0.1, 0.15) is 66.0 Å². The highest BCUT2D eigenvalue weighted by molar-refractivity contribution is 7.09. The smallest absolute Gasteiger partial charge is 0.412 e. The van der Waals surface area contributed by atoms with Crippen LogP contribution < -0.4 is 0 Å². The Morgan fingerprint density at radius 3 is 2.61 bits per heavy atom. The van der Waals surface area contributed by atoms with Crippen LogP contribution in [-0.2, 0) is 9.47 Å². The van der Waals surface area contributed by atoms with Crippen molar-refractivity contribution in [1.29, 1.82) is 0 Å². The van der Waals surface area contributed by atoms with E-state index in [2.05, 4.69) is 18.8 Å². The van der Waals surface area contributed by atoms with Crippen LogP contribution >= 0.6 is 11.3 Å². The summed E-state index contributed by atoms with van der Waals surface area (Å²) in [5, 5.41) is 2.85. The van der Waals surface area contributed by atoms with Gasteiger partial charge in [0.1, 0.15) is 22.4 Å². The molecule has 0 bridgehead atoms. The maximum absolute atomic E-state index is 12.8. The van der Waals surface area contributed by atoms with E-state index in [-0.39, 0.29) is 18.2 Å². The number of hydrogen-bond donors (Lipinski definition) is 0. The van der Waals surface area contributed by atoms with E-state index in [0.717, 1.165) is 11.4 Å².